The lowest BCUT2D eigenvalue weighted by atomic mass is 9.91. The smallest absolute Gasteiger partial charge is 0.336 e. The zero-order valence-corrected chi connectivity index (χ0v) is 8.16. The largest absolute Gasteiger partial charge is 0.478 e. The molecule has 1 aromatic carbocycles. The molecule has 3 nitrogen and oxygen atoms in total. The first kappa shape index (κ1) is 10.1. The molecule has 0 spiro atoms. The lowest BCUT2D eigenvalue weighted by Gasteiger charge is -2.15. The van der Waals surface area contributed by atoms with Crippen molar-refractivity contribution in [1.82, 2.24) is 0 Å². The van der Waals surface area contributed by atoms with Gasteiger partial charge in [0, 0.05) is 12.0 Å². The van der Waals surface area contributed by atoms with Gasteiger partial charge in [0.15, 0.2) is 0 Å². The summed E-state index contributed by atoms with van der Waals surface area (Å²) in [5.74, 6) is -1.62. The maximum Gasteiger partial charge on any atom is 0.336 e. The summed E-state index contributed by atoms with van der Waals surface area (Å²) >= 11 is 0. The van der Waals surface area contributed by atoms with Crippen LogP contribution in [0, 0.1) is 5.82 Å². The Hall–Kier alpha value is -1.42. The number of hydrogen-bond donors (Lipinski definition) is 2. The number of carboxylic acids is 1. The lowest BCUT2D eigenvalue weighted by molar-refractivity contribution is 0.0694. The van der Waals surface area contributed by atoms with Crippen LogP contribution in [-0.4, -0.2) is 17.6 Å². The Morgan fingerprint density at radius 2 is 2.20 bits per heavy atom. The van der Waals surface area contributed by atoms with Crippen molar-refractivity contribution in [2.45, 2.75) is 18.3 Å². The SMILES string of the molecule is NCC1(c2ccc(F)cc2C(=O)O)CC1. The molecule has 0 aromatic heterocycles. The molecule has 0 aliphatic heterocycles. The molecule has 0 atom stereocenters. The van der Waals surface area contributed by atoms with E-state index in [1.54, 1.807) is 6.07 Å². The maximum atomic E-state index is 12.9. The molecule has 0 amide bonds. The molecular weight excluding hydrogens is 197 g/mol. The minimum atomic E-state index is -1.09. The zero-order chi connectivity index (χ0) is 11.1. The highest BCUT2D eigenvalue weighted by molar-refractivity contribution is 5.90. The Kier molecular flexibility index (Phi) is 2.23. The maximum absolute atomic E-state index is 12.9. The number of benzene rings is 1. The molecule has 80 valence electrons. The van der Waals surface area contributed by atoms with E-state index >= 15 is 0 Å². The van der Waals surface area contributed by atoms with E-state index < -0.39 is 11.8 Å². The second kappa shape index (κ2) is 3.31. The Morgan fingerprint density at radius 1 is 1.53 bits per heavy atom. The van der Waals surface area contributed by atoms with E-state index in [1.165, 1.54) is 6.07 Å². The summed E-state index contributed by atoms with van der Waals surface area (Å²) in [7, 11) is 0. The average molecular weight is 209 g/mol. The predicted molar refractivity (Wildman–Crippen MR) is 53.3 cm³/mol. The second-order valence-electron chi connectivity index (χ2n) is 3.98. The molecule has 3 N–H and O–H groups in total. The second-order valence-corrected chi connectivity index (χ2v) is 3.98. The molecule has 1 fully saturated rings. The molecule has 0 radical (unpaired) electrons. The van der Waals surface area contributed by atoms with Gasteiger partial charge >= 0.3 is 5.97 Å². The molecule has 1 aliphatic carbocycles. The minimum Gasteiger partial charge on any atom is -0.478 e. The normalized spacial score (nSPS) is 17.5. The quantitative estimate of drug-likeness (QED) is 0.793. The number of nitrogens with two attached hydrogens (primary N) is 1. The fourth-order valence-electron chi connectivity index (χ4n) is 1.89. The van der Waals surface area contributed by atoms with Crippen molar-refractivity contribution in [1.29, 1.82) is 0 Å². The summed E-state index contributed by atoms with van der Waals surface area (Å²) in [5, 5.41) is 8.97. The Balaban J connectivity index is 2.51. The van der Waals surface area contributed by atoms with Crippen molar-refractivity contribution in [2.75, 3.05) is 6.54 Å². The lowest BCUT2D eigenvalue weighted by Crippen LogP contribution is -2.22. The van der Waals surface area contributed by atoms with Gasteiger partial charge in [0.1, 0.15) is 5.82 Å². The third kappa shape index (κ3) is 1.61. The van der Waals surface area contributed by atoms with Gasteiger partial charge in [0.25, 0.3) is 0 Å². The molecule has 2 rings (SSSR count). The van der Waals surface area contributed by atoms with Crippen molar-refractivity contribution >= 4 is 5.97 Å². The van der Waals surface area contributed by atoms with Crippen LogP contribution in [0.15, 0.2) is 18.2 Å². The van der Waals surface area contributed by atoms with Gasteiger partial charge in [-0.3, -0.25) is 0 Å². The third-order valence-corrected chi connectivity index (χ3v) is 3.03. The van der Waals surface area contributed by atoms with Crippen LogP contribution in [0.1, 0.15) is 28.8 Å². The van der Waals surface area contributed by atoms with E-state index in [0.717, 1.165) is 18.9 Å². The molecule has 1 aliphatic rings. The first-order chi connectivity index (χ1) is 7.09. The fraction of sp³-hybridized carbons (Fsp3) is 0.364. The van der Waals surface area contributed by atoms with E-state index in [2.05, 4.69) is 0 Å². The molecular formula is C11H12FNO2. The summed E-state index contributed by atoms with van der Waals surface area (Å²) in [4.78, 5) is 11.0. The number of halogens is 1. The Morgan fingerprint density at radius 3 is 2.67 bits per heavy atom. The van der Waals surface area contributed by atoms with Crippen LogP contribution in [-0.2, 0) is 5.41 Å². The summed E-state index contributed by atoms with van der Waals surface area (Å²) in [6.45, 7) is 0.416. The van der Waals surface area contributed by atoms with Crippen molar-refractivity contribution < 1.29 is 14.3 Å². The highest BCUT2D eigenvalue weighted by atomic mass is 19.1. The molecule has 0 saturated heterocycles. The first-order valence-electron chi connectivity index (χ1n) is 4.82. The van der Waals surface area contributed by atoms with Gasteiger partial charge in [-0.1, -0.05) is 6.07 Å². The molecule has 0 bridgehead atoms. The van der Waals surface area contributed by atoms with E-state index in [1.807, 2.05) is 0 Å². The van der Waals surface area contributed by atoms with Crippen molar-refractivity contribution in [3.8, 4) is 0 Å². The fourth-order valence-corrected chi connectivity index (χ4v) is 1.89. The van der Waals surface area contributed by atoms with Gasteiger partial charge in [-0.05, 0) is 30.5 Å². The number of hydrogen-bond acceptors (Lipinski definition) is 2. The predicted octanol–water partition coefficient (Wildman–Crippen LogP) is 1.51. The summed E-state index contributed by atoms with van der Waals surface area (Å²) in [6, 6.07) is 3.89. The highest BCUT2D eigenvalue weighted by Gasteiger charge is 2.45. The average Bonchev–Trinajstić information content (AvgIpc) is 2.98. The van der Waals surface area contributed by atoms with Gasteiger partial charge in [-0.25, -0.2) is 9.18 Å². The van der Waals surface area contributed by atoms with Crippen molar-refractivity contribution in [3.05, 3.63) is 35.1 Å². The van der Waals surface area contributed by atoms with Crippen LogP contribution in [0.5, 0.6) is 0 Å². The van der Waals surface area contributed by atoms with E-state index in [9.17, 15) is 9.18 Å². The number of aromatic carboxylic acids is 1. The zero-order valence-electron chi connectivity index (χ0n) is 8.16. The van der Waals surface area contributed by atoms with Gasteiger partial charge in [-0.15, -0.1) is 0 Å². The van der Waals surface area contributed by atoms with Gasteiger partial charge in [0.2, 0.25) is 0 Å². The van der Waals surface area contributed by atoms with Crippen molar-refractivity contribution in [2.24, 2.45) is 5.73 Å². The summed E-state index contributed by atoms with van der Waals surface area (Å²) in [6.07, 6.45) is 1.77. The third-order valence-electron chi connectivity index (χ3n) is 3.03. The number of carboxylic acid groups (broad SMARTS) is 1. The monoisotopic (exact) mass is 209 g/mol. The van der Waals surface area contributed by atoms with E-state index in [0.29, 0.717) is 12.1 Å². The van der Waals surface area contributed by atoms with Crippen LogP contribution in [0.2, 0.25) is 0 Å². The minimum absolute atomic E-state index is 0.0398. The van der Waals surface area contributed by atoms with E-state index in [-0.39, 0.29) is 11.0 Å². The molecule has 0 unspecified atom stereocenters. The van der Waals surface area contributed by atoms with Crippen LogP contribution < -0.4 is 5.73 Å². The number of carbonyl (C=O) groups is 1. The molecule has 1 aromatic rings. The van der Waals surface area contributed by atoms with Gasteiger partial charge < -0.3 is 10.8 Å². The Bertz CT molecular complexity index is 413. The number of rotatable bonds is 3. The van der Waals surface area contributed by atoms with Gasteiger partial charge in [0.05, 0.1) is 5.56 Å². The molecule has 15 heavy (non-hydrogen) atoms. The van der Waals surface area contributed by atoms with Crippen LogP contribution in [0.3, 0.4) is 0 Å². The molecule has 0 heterocycles. The molecule has 1 saturated carbocycles. The first-order valence-corrected chi connectivity index (χ1v) is 4.82. The summed E-state index contributed by atoms with van der Waals surface area (Å²) in [5.41, 5.74) is 6.11. The standard InChI is InChI=1S/C11H12FNO2/c12-7-1-2-9(8(5-7)10(14)15)11(6-13)3-4-11/h1-2,5H,3-4,6,13H2,(H,14,15). The highest BCUT2D eigenvalue weighted by Crippen LogP contribution is 2.48. The topological polar surface area (TPSA) is 63.3 Å². The van der Waals surface area contributed by atoms with Gasteiger partial charge in [-0.2, -0.15) is 0 Å². The van der Waals surface area contributed by atoms with E-state index in [4.69, 9.17) is 10.8 Å². The van der Waals surface area contributed by atoms with Crippen LogP contribution in [0.25, 0.3) is 0 Å². The van der Waals surface area contributed by atoms with Crippen LogP contribution in [0.4, 0.5) is 4.39 Å². The Labute approximate surface area is 86.7 Å². The van der Waals surface area contributed by atoms with Crippen molar-refractivity contribution in [3.63, 3.8) is 0 Å². The summed E-state index contributed by atoms with van der Waals surface area (Å²) < 4.78 is 12.9. The molecule has 4 heteroatoms. The van der Waals surface area contributed by atoms with Crippen LogP contribution >= 0.6 is 0 Å².